The number of carbonyl (C=O) groups excluding carboxylic acids is 1. The van der Waals surface area contributed by atoms with E-state index in [-0.39, 0.29) is 23.2 Å². The zero-order valence-electron chi connectivity index (χ0n) is 19.8. The summed E-state index contributed by atoms with van der Waals surface area (Å²) in [4.78, 5) is 12.8. The summed E-state index contributed by atoms with van der Waals surface area (Å²) >= 11 is 0. The molecule has 1 aromatic carbocycles. The number of benzene rings is 1. The normalized spacial score (nSPS) is 13.7. The van der Waals surface area contributed by atoms with Crippen LogP contribution in [0.15, 0.2) is 12.1 Å². The molecule has 29 heavy (non-hydrogen) atoms. The zero-order chi connectivity index (χ0) is 23.0. The number of phenols is 1. The van der Waals surface area contributed by atoms with Gasteiger partial charge in [0.2, 0.25) is 0 Å². The first-order valence-corrected chi connectivity index (χ1v) is 10.2. The molecule has 1 aromatic rings. The summed E-state index contributed by atoms with van der Waals surface area (Å²) in [6.45, 7) is 19.6. The number of aliphatic hydroxyl groups is 2. The average Bonchev–Trinajstić information content (AvgIpc) is 2.52. The number of carbonyl (C=O) groups is 1. The van der Waals surface area contributed by atoms with Gasteiger partial charge in [0.25, 0.3) is 0 Å². The molecule has 3 N–H and O–H groups in total. The third-order valence-electron chi connectivity index (χ3n) is 6.31. The van der Waals surface area contributed by atoms with Gasteiger partial charge in [-0.3, -0.25) is 0 Å². The molecule has 0 aliphatic carbocycles. The molecule has 5 nitrogen and oxygen atoms in total. The van der Waals surface area contributed by atoms with Crippen molar-refractivity contribution < 1.29 is 24.9 Å². The lowest BCUT2D eigenvalue weighted by Gasteiger charge is -2.42. The first-order valence-electron chi connectivity index (χ1n) is 10.2. The van der Waals surface area contributed by atoms with Crippen LogP contribution in [0.25, 0.3) is 0 Å². The fourth-order valence-corrected chi connectivity index (χ4v) is 3.05. The van der Waals surface area contributed by atoms with Gasteiger partial charge >= 0.3 is 5.97 Å². The second-order valence-electron chi connectivity index (χ2n) is 11.3. The molecular formula is C24H40O5. The van der Waals surface area contributed by atoms with Gasteiger partial charge < -0.3 is 20.1 Å². The number of ether oxygens (including phenoxy) is 1. The Balaban J connectivity index is 3.12. The highest BCUT2D eigenvalue weighted by atomic mass is 16.5. The van der Waals surface area contributed by atoms with Gasteiger partial charge in [0.05, 0.1) is 12.2 Å². The van der Waals surface area contributed by atoms with E-state index in [1.54, 1.807) is 26.0 Å². The van der Waals surface area contributed by atoms with Gasteiger partial charge in [-0.1, -0.05) is 69.2 Å². The number of aromatic hydroxyl groups is 1. The topological polar surface area (TPSA) is 87.0 Å². The van der Waals surface area contributed by atoms with E-state index >= 15 is 0 Å². The Kier molecular flexibility index (Phi) is 7.26. The minimum absolute atomic E-state index is 0.165. The Labute approximate surface area is 176 Å². The molecule has 0 fully saturated rings. The van der Waals surface area contributed by atoms with Crippen molar-refractivity contribution in [2.75, 3.05) is 6.61 Å². The average molecular weight is 409 g/mol. The van der Waals surface area contributed by atoms with Crippen LogP contribution in [0.2, 0.25) is 0 Å². The maximum absolute atomic E-state index is 12.8. The van der Waals surface area contributed by atoms with Crippen molar-refractivity contribution in [3.63, 3.8) is 0 Å². The third-order valence-corrected chi connectivity index (χ3v) is 6.31. The second-order valence-corrected chi connectivity index (χ2v) is 11.3. The van der Waals surface area contributed by atoms with Crippen LogP contribution in [0.4, 0.5) is 0 Å². The second kappa shape index (κ2) is 8.27. The quantitative estimate of drug-likeness (QED) is 0.460. The maximum atomic E-state index is 12.8. The summed E-state index contributed by atoms with van der Waals surface area (Å²) in [6.07, 6.45) is -0.978. The predicted octanol–water partition coefficient (Wildman–Crippen LogP) is 4.90. The van der Waals surface area contributed by atoms with Gasteiger partial charge in [0, 0.05) is 16.5 Å². The third kappa shape index (κ3) is 5.73. The van der Waals surface area contributed by atoms with Crippen LogP contribution in [0.1, 0.15) is 97.1 Å². The highest BCUT2D eigenvalue weighted by Gasteiger charge is 2.42. The molecule has 0 atom stereocenters. The molecule has 0 saturated carbocycles. The predicted molar refractivity (Wildman–Crippen MR) is 116 cm³/mol. The fourth-order valence-electron chi connectivity index (χ4n) is 3.05. The van der Waals surface area contributed by atoms with E-state index in [1.807, 2.05) is 55.4 Å². The maximum Gasteiger partial charge on any atom is 0.338 e. The molecule has 0 aliphatic rings. The Morgan fingerprint density at radius 1 is 0.897 bits per heavy atom. The van der Waals surface area contributed by atoms with Gasteiger partial charge in [-0.15, -0.1) is 0 Å². The molecule has 0 spiro atoms. The van der Waals surface area contributed by atoms with Crippen molar-refractivity contribution >= 4 is 5.97 Å². The van der Waals surface area contributed by atoms with Crippen molar-refractivity contribution in [3.8, 4) is 5.75 Å². The molecule has 0 amide bonds. The SMILES string of the molecule is CC(C)(C)c1cc(C(=O)OCCC(C)(C)C(C)(C)C(O)O)cc(C(C)(C)C)c1O. The molecule has 0 unspecified atom stereocenters. The Morgan fingerprint density at radius 3 is 1.66 bits per heavy atom. The van der Waals surface area contributed by atoms with Crippen LogP contribution < -0.4 is 0 Å². The molecular weight excluding hydrogens is 368 g/mol. The highest BCUT2D eigenvalue weighted by molar-refractivity contribution is 5.90. The van der Waals surface area contributed by atoms with Crippen LogP contribution in [0.5, 0.6) is 5.75 Å². The molecule has 5 heteroatoms. The van der Waals surface area contributed by atoms with Crippen LogP contribution in [0, 0.1) is 10.8 Å². The Hall–Kier alpha value is -1.59. The Morgan fingerprint density at radius 2 is 1.31 bits per heavy atom. The lowest BCUT2D eigenvalue weighted by molar-refractivity contribution is -0.167. The summed E-state index contributed by atoms with van der Waals surface area (Å²) in [5, 5.41) is 30.1. The van der Waals surface area contributed by atoms with E-state index in [2.05, 4.69) is 0 Å². The highest BCUT2D eigenvalue weighted by Crippen LogP contribution is 2.43. The van der Waals surface area contributed by atoms with Crippen molar-refractivity contribution in [1.29, 1.82) is 0 Å². The summed E-state index contributed by atoms with van der Waals surface area (Å²) < 4.78 is 5.53. The number of rotatable bonds is 6. The van der Waals surface area contributed by atoms with Crippen LogP contribution in [0.3, 0.4) is 0 Å². The largest absolute Gasteiger partial charge is 0.507 e. The van der Waals surface area contributed by atoms with Crippen molar-refractivity contribution in [1.82, 2.24) is 0 Å². The van der Waals surface area contributed by atoms with E-state index < -0.39 is 23.1 Å². The van der Waals surface area contributed by atoms with E-state index in [9.17, 15) is 20.1 Å². The number of hydrogen-bond donors (Lipinski definition) is 3. The monoisotopic (exact) mass is 408 g/mol. The standard InChI is InChI=1S/C24H40O5/c1-21(2,3)16-13-15(14-17(18(16)25)22(4,5)6)19(26)29-12-11-23(7,8)24(9,10)20(27)28/h13-14,20,25,27-28H,11-12H2,1-10H3. The van der Waals surface area contributed by atoms with Gasteiger partial charge in [-0.25, -0.2) is 4.79 Å². The molecule has 0 heterocycles. The van der Waals surface area contributed by atoms with Crippen LogP contribution in [-0.2, 0) is 15.6 Å². The summed E-state index contributed by atoms with van der Waals surface area (Å²) in [5.41, 5.74) is -0.0338. The minimum Gasteiger partial charge on any atom is -0.507 e. The molecule has 166 valence electrons. The van der Waals surface area contributed by atoms with E-state index in [4.69, 9.17) is 4.74 Å². The van der Waals surface area contributed by atoms with Crippen LogP contribution in [-0.4, -0.2) is 34.2 Å². The fraction of sp³-hybridized carbons (Fsp3) is 0.708. The van der Waals surface area contributed by atoms with Gasteiger partial charge in [-0.2, -0.15) is 0 Å². The molecule has 0 saturated heterocycles. The molecule has 0 aliphatic heterocycles. The van der Waals surface area contributed by atoms with Gasteiger partial charge in [0.15, 0.2) is 6.29 Å². The number of phenolic OH excluding ortho intramolecular Hbond substituents is 1. The Bertz CT molecular complexity index is 696. The van der Waals surface area contributed by atoms with E-state index in [1.165, 1.54) is 0 Å². The molecule has 0 bridgehead atoms. The smallest absolute Gasteiger partial charge is 0.338 e. The van der Waals surface area contributed by atoms with Gasteiger partial charge in [-0.05, 0) is 34.8 Å². The van der Waals surface area contributed by atoms with E-state index in [0.29, 0.717) is 23.1 Å². The van der Waals surface area contributed by atoms with Crippen molar-refractivity contribution in [2.24, 2.45) is 10.8 Å². The van der Waals surface area contributed by atoms with Gasteiger partial charge in [0.1, 0.15) is 5.75 Å². The van der Waals surface area contributed by atoms with Crippen molar-refractivity contribution in [2.45, 2.75) is 92.8 Å². The van der Waals surface area contributed by atoms with Crippen molar-refractivity contribution in [3.05, 3.63) is 28.8 Å². The lowest BCUT2D eigenvalue weighted by Crippen LogP contribution is -2.43. The summed E-state index contributed by atoms with van der Waals surface area (Å²) in [6, 6.07) is 3.42. The zero-order valence-corrected chi connectivity index (χ0v) is 19.8. The lowest BCUT2D eigenvalue weighted by atomic mass is 9.66. The molecule has 0 aromatic heterocycles. The minimum atomic E-state index is -1.46. The van der Waals surface area contributed by atoms with E-state index in [0.717, 1.165) is 0 Å². The number of hydrogen-bond acceptors (Lipinski definition) is 5. The summed E-state index contributed by atoms with van der Waals surface area (Å²) in [7, 11) is 0. The molecule has 0 radical (unpaired) electrons. The summed E-state index contributed by atoms with van der Waals surface area (Å²) in [5.74, 6) is -0.222. The number of aliphatic hydroxyl groups excluding tert-OH is 1. The first-order chi connectivity index (χ1) is 12.8. The molecule has 1 rings (SSSR count). The first kappa shape index (κ1) is 25.4. The van der Waals surface area contributed by atoms with Crippen LogP contribution >= 0.6 is 0 Å². The number of esters is 1.